The van der Waals surface area contributed by atoms with Gasteiger partial charge in [0.1, 0.15) is 17.3 Å². The van der Waals surface area contributed by atoms with Crippen molar-refractivity contribution in [3.05, 3.63) is 47.2 Å². The Hall–Kier alpha value is -2.75. The van der Waals surface area contributed by atoms with Gasteiger partial charge in [-0.25, -0.2) is 4.98 Å². The lowest BCUT2D eigenvalue weighted by Gasteiger charge is -2.12. The molecule has 108 valence electrons. The van der Waals surface area contributed by atoms with E-state index in [0.29, 0.717) is 0 Å². The molecule has 0 saturated carbocycles. The molecule has 0 atom stereocenters. The average molecular weight is 293 g/mol. The monoisotopic (exact) mass is 293 g/mol. The van der Waals surface area contributed by atoms with Crippen LogP contribution in [0, 0.1) is 18.3 Å². The SMILES string of the molecule is Cc1ccc(Oc2nc(C(F)(F)F)ccc2C#N)c(N)c1. The molecule has 0 aliphatic carbocycles. The van der Waals surface area contributed by atoms with E-state index in [2.05, 4.69) is 4.98 Å². The second kappa shape index (κ2) is 5.32. The Kier molecular flexibility index (Phi) is 3.72. The van der Waals surface area contributed by atoms with Crippen LogP contribution in [0.2, 0.25) is 0 Å². The third-order valence-corrected chi connectivity index (χ3v) is 2.64. The van der Waals surface area contributed by atoms with Gasteiger partial charge in [0.2, 0.25) is 5.88 Å². The number of nitrogen functional groups attached to an aromatic ring is 1. The minimum absolute atomic E-state index is 0.108. The number of halogens is 3. The van der Waals surface area contributed by atoms with Gasteiger partial charge in [-0.1, -0.05) is 6.07 Å². The molecule has 0 spiro atoms. The Labute approximate surface area is 118 Å². The second-order valence-corrected chi connectivity index (χ2v) is 4.30. The van der Waals surface area contributed by atoms with Crippen LogP contribution in [-0.4, -0.2) is 4.98 Å². The van der Waals surface area contributed by atoms with E-state index in [9.17, 15) is 13.2 Å². The summed E-state index contributed by atoms with van der Waals surface area (Å²) >= 11 is 0. The van der Waals surface area contributed by atoms with Gasteiger partial charge in [0, 0.05) is 0 Å². The van der Waals surface area contributed by atoms with Gasteiger partial charge in [-0.2, -0.15) is 18.4 Å². The number of hydrogen-bond donors (Lipinski definition) is 1. The fraction of sp³-hybridized carbons (Fsp3) is 0.143. The maximum absolute atomic E-state index is 12.6. The van der Waals surface area contributed by atoms with Crippen LogP contribution in [0.3, 0.4) is 0 Å². The number of alkyl halides is 3. The molecule has 1 aromatic heterocycles. The minimum atomic E-state index is -4.62. The molecule has 4 nitrogen and oxygen atoms in total. The number of ether oxygens (including phenoxy) is 1. The van der Waals surface area contributed by atoms with Crippen molar-refractivity contribution in [1.29, 1.82) is 5.26 Å². The first kappa shape index (κ1) is 14.7. The largest absolute Gasteiger partial charge is 0.436 e. The van der Waals surface area contributed by atoms with Gasteiger partial charge in [0.05, 0.1) is 5.69 Å². The summed E-state index contributed by atoms with van der Waals surface area (Å²) in [5.41, 5.74) is 5.60. The smallest absolute Gasteiger partial charge is 0.433 e. The zero-order chi connectivity index (χ0) is 15.6. The quantitative estimate of drug-likeness (QED) is 0.858. The molecule has 2 N–H and O–H groups in total. The standard InChI is InChI=1S/C14H10F3N3O/c1-8-2-4-11(10(19)6-8)21-13-9(7-18)3-5-12(20-13)14(15,16)17/h2-6H,19H2,1H3. The molecule has 7 heteroatoms. The van der Waals surface area contributed by atoms with Crippen LogP contribution >= 0.6 is 0 Å². The van der Waals surface area contributed by atoms with E-state index in [1.54, 1.807) is 18.2 Å². The Bertz CT molecular complexity index is 720. The molecule has 1 aromatic carbocycles. The molecule has 0 radical (unpaired) electrons. The molecule has 0 aliphatic heterocycles. The number of hydrogen-bond acceptors (Lipinski definition) is 4. The zero-order valence-corrected chi connectivity index (χ0v) is 10.9. The van der Waals surface area contributed by atoms with Gasteiger partial charge in [0.15, 0.2) is 5.75 Å². The Morgan fingerprint density at radius 3 is 2.52 bits per heavy atom. The van der Waals surface area contributed by atoms with E-state index >= 15 is 0 Å². The van der Waals surface area contributed by atoms with Gasteiger partial charge in [-0.3, -0.25) is 0 Å². The number of benzene rings is 1. The molecule has 0 aliphatic rings. The third-order valence-electron chi connectivity index (χ3n) is 2.64. The lowest BCUT2D eigenvalue weighted by Crippen LogP contribution is -2.09. The van der Waals surface area contributed by atoms with E-state index in [0.717, 1.165) is 17.7 Å². The van der Waals surface area contributed by atoms with Crippen LogP contribution in [-0.2, 0) is 6.18 Å². The van der Waals surface area contributed by atoms with Crippen molar-refractivity contribution in [3.63, 3.8) is 0 Å². The number of pyridine rings is 1. The van der Waals surface area contributed by atoms with Crippen LogP contribution in [0.5, 0.6) is 11.6 Å². The molecule has 2 rings (SSSR count). The highest BCUT2D eigenvalue weighted by atomic mass is 19.4. The summed E-state index contributed by atoms with van der Waals surface area (Å²) in [4.78, 5) is 3.35. The maximum atomic E-state index is 12.6. The van der Waals surface area contributed by atoms with Gasteiger partial charge in [-0.15, -0.1) is 0 Å². The second-order valence-electron chi connectivity index (χ2n) is 4.30. The summed E-state index contributed by atoms with van der Waals surface area (Å²) in [6.45, 7) is 1.81. The molecule has 1 heterocycles. The fourth-order valence-corrected chi connectivity index (χ4v) is 1.63. The van der Waals surface area contributed by atoms with Crippen LogP contribution in [0.1, 0.15) is 16.8 Å². The lowest BCUT2D eigenvalue weighted by atomic mass is 10.2. The van der Waals surface area contributed by atoms with Gasteiger partial charge in [0.25, 0.3) is 0 Å². The molecule has 0 bridgehead atoms. The molecule has 0 unspecified atom stereocenters. The highest BCUT2D eigenvalue weighted by Gasteiger charge is 2.33. The summed E-state index contributed by atoms with van der Waals surface area (Å²) in [7, 11) is 0. The molecule has 21 heavy (non-hydrogen) atoms. The third kappa shape index (κ3) is 3.23. The van der Waals surface area contributed by atoms with E-state index < -0.39 is 17.8 Å². The lowest BCUT2D eigenvalue weighted by molar-refractivity contribution is -0.141. The normalized spacial score (nSPS) is 11.0. The van der Waals surface area contributed by atoms with E-state index in [1.807, 2.05) is 6.92 Å². The van der Waals surface area contributed by atoms with Crippen LogP contribution in [0.4, 0.5) is 18.9 Å². The average Bonchev–Trinajstić information content (AvgIpc) is 2.41. The molecule has 2 aromatic rings. The summed E-state index contributed by atoms with van der Waals surface area (Å²) < 4.78 is 43.2. The molecule has 0 saturated heterocycles. The topological polar surface area (TPSA) is 71.9 Å². The number of anilines is 1. The van der Waals surface area contributed by atoms with Gasteiger partial charge < -0.3 is 10.5 Å². The predicted octanol–water partition coefficient (Wildman–Crippen LogP) is 3.66. The van der Waals surface area contributed by atoms with Gasteiger partial charge >= 0.3 is 6.18 Å². The number of aromatic nitrogens is 1. The highest BCUT2D eigenvalue weighted by molar-refractivity contribution is 5.56. The number of nitrogens with two attached hydrogens (primary N) is 1. The fourth-order valence-electron chi connectivity index (χ4n) is 1.63. The van der Waals surface area contributed by atoms with Crippen LogP contribution in [0.25, 0.3) is 0 Å². The number of nitriles is 1. The predicted molar refractivity (Wildman–Crippen MR) is 69.6 cm³/mol. The van der Waals surface area contributed by atoms with Crippen molar-refractivity contribution in [2.75, 3.05) is 5.73 Å². The van der Waals surface area contributed by atoms with Crippen molar-refractivity contribution >= 4 is 5.69 Å². The number of nitrogens with zero attached hydrogens (tertiary/aromatic N) is 2. The molecular weight excluding hydrogens is 283 g/mol. The first-order valence-corrected chi connectivity index (χ1v) is 5.83. The molecule has 0 fully saturated rings. The minimum Gasteiger partial charge on any atom is -0.436 e. The van der Waals surface area contributed by atoms with Crippen molar-refractivity contribution < 1.29 is 17.9 Å². The van der Waals surface area contributed by atoms with Crippen LogP contribution in [0.15, 0.2) is 30.3 Å². The summed E-state index contributed by atoms with van der Waals surface area (Å²) in [5, 5.41) is 8.92. The van der Waals surface area contributed by atoms with E-state index in [4.69, 9.17) is 15.7 Å². The zero-order valence-electron chi connectivity index (χ0n) is 10.9. The number of aryl methyl sites for hydroxylation is 1. The van der Waals surface area contributed by atoms with Gasteiger partial charge in [-0.05, 0) is 36.8 Å². The highest BCUT2D eigenvalue weighted by Crippen LogP contribution is 2.33. The summed E-state index contributed by atoms with van der Waals surface area (Å²) in [5.74, 6) is -0.285. The van der Waals surface area contributed by atoms with Crippen molar-refractivity contribution in [3.8, 4) is 17.7 Å². The van der Waals surface area contributed by atoms with E-state index in [-0.39, 0.29) is 17.0 Å². The maximum Gasteiger partial charge on any atom is 0.433 e. The first-order chi connectivity index (χ1) is 9.81. The van der Waals surface area contributed by atoms with Crippen molar-refractivity contribution in [2.45, 2.75) is 13.1 Å². The van der Waals surface area contributed by atoms with Crippen LogP contribution < -0.4 is 10.5 Å². The van der Waals surface area contributed by atoms with Crippen molar-refractivity contribution in [1.82, 2.24) is 4.98 Å². The van der Waals surface area contributed by atoms with E-state index in [1.165, 1.54) is 6.07 Å². The summed E-state index contributed by atoms with van der Waals surface area (Å²) in [6, 6.07) is 8.26. The number of rotatable bonds is 2. The molecule has 0 amide bonds. The molecular formula is C14H10F3N3O. The summed E-state index contributed by atoms with van der Waals surface area (Å²) in [6.07, 6.45) is -4.62. The Balaban J connectivity index is 2.45. The Morgan fingerprint density at radius 2 is 1.95 bits per heavy atom. The first-order valence-electron chi connectivity index (χ1n) is 5.83. The van der Waals surface area contributed by atoms with Crippen molar-refractivity contribution in [2.24, 2.45) is 0 Å². The Morgan fingerprint density at radius 1 is 1.24 bits per heavy atom.